The maximum Gasteiger partial charge on any atom is 0.0468 e. The second kappa shape index (κ2) is 18.4. The van der Waals surface area contributed by atoms with Crippen molar-refractivity contribution in [2.45, 2.75) is 66.2 Å². The standard InChI is InChI=1S/C60H56N2/c1-5-7-21-45-23-17-31-51(39-45)61(49-29-15-19-43(3)37-49)53-33-35-55-57(41-53)59(47-25-11-9-12-26-47)56-36-34-54(42-58(56)60(55)48-27-13-10-14-28-48)62(50-30-16-20-44(4)38-50)52-32-18-24-46(40-52)22-8-6-2/h9-20,23-42H,5-8,21-22H2,1-4H3. The molecule has 9 aromatic carbocycles. The van der Waals surface area contributed by atoms with Gasteiger partial charge in [-0.2, -0.15) is 0 Å². The van der Waals surface area contributed by atoms with Gasteiger partial charge in [0.05, 0.1) is 0 Å². The first-order valence-electron chi connectivity index (χ1n) is 22.5. The molecular formula is C60H56N2. The number of unbranched alkanes of at least 4 members (excludes halogenated alkanes) is 2. The molecule has 0 spiro atoms. The van der Waals surface area contributed by atoms with Crippen molar-refractivity contribution in [3.05, 3.63) is 216 Å². The van der Waals surface area contributed by atoms with E-state index < -0.39 is 0 Å². The van der Waals surface area contributed by atoms with Crippen LogP contribution in [0.25, 0.3) is 43.8 Å². The van der Waals surface area contributed by atoms with Crippen LogP contribution in [0, 0.1) is 13.8 Å². The molecule has 0 bridgehead atoms. The van der Waals surface area contributed by atoms with Crippen molar-refractivity contribution < 1.29 is 0 Å². The highest BCUT2D eigenvalue weighted by atomic mass is 15.1. The van der Waals surface area contributed by atoms with Crippen LogP contribution in [0.15, 0.2) is 194 Å². The lowest BCUT2D eigenvalue weighted by molar-refractivity contribution is 0.795. The van der Waals surface area contributed by atoms with Gasteiger partial charge in [0.15, 0.2) is 0 Å². The van der Waals surface area contributed by atoms with Crippen molar-refractivity contribution in [2.75, 3.05) is 9.80 Å². The zero-order valence-electron chi connectivity index (χ0n) is 36.6. The summed E-state index contributed by atoms with van der Waals surface area (Å²) in [5.74, 6) is 0. The van der Waals surface area contributed by atoms with Gasteiger partial charge >= 0.3 is 0 Å². The first-order chi connectivity index (χ1) is 30.5. The van der Waals surface area contributed by atoms with Gasteiger partial charge in [-0.15, -0.1) is 0 Å². The zero-order valence-corrected chi connectivity index (χ0v) is 36.6. The van der Waals surface area contributed by atoms with Crippen LogP contribution in [0.5, 0.6) is 0 Å². The second-order valence-corrected chi connectivity index (χ2v) is 16.8. The van der Waals surface area contributed by atoms with E-state index in [1.807, 2.05) is 0 Å². The lowest BCUT2D eigenvalue weighted by Crippen LogP contribution is -2.11. The predicted octanol–water partition coefficient (Wildman–Crippen LogP) is 17.6. The molecule has 306 valence electrons. The summed E-state index contributed by atoms with van der Waals surface area (Å²) in [7, 11) is 0. The summed E-state index contributed by atoms with van der Waals surface area (Å²) in [5.41, 5.74) is 17.0. The average molecular weight is 805 g/mol. The third-order valence-corrected chi connectivity index (χ3v) is 12.2. The van der Waals surface area contributed by atoms with Crippen LogP contribution in [-0.4, -0.2) is 0 Å². The predicted molar refractivity (Wildman–Crippen MR) is 268 cm³/mol. The largest absolute Gasteiger partial charge is 0.310 e. The smallest absolute Gasteiger partial charge is 0.0468 e. The first kappa shape index (κ1) is 40.5. The van der Waals surface area contributed by atoms with E-state index in [1.165, 1.54) is 103 Å². The van der Waals surface area contributed by atoms with E-state index in [0.29, 0.717) is 0 Å². The molecule has 0 fully saturated rings. The van der Waals surface area contributed by atoms with E-state index in [1.54, 1.807) is 0 Å². The molecule has 9 aromatic rings. The summed E-state index contributed by atoms with van der Waals surface area (Å²) in [6, 6.07) is 72.4. The number of hydrogen-bond acceptors (Lipinski definition) is 2. The summed E-state index contributed by atoms with van der Waals surface area (Å²) < 4.78 is 0. The Morgan fingerprint density at radius 3 is 1.08 bits per heavy atom. The number of hydrogen-bond donors (Lipinski definition) is 0. The molecule has 0 saturated heterocycles. The second-order valence-electron chi connectivity index (χ2n) is 16.8. The monoisotopic (exact) mass is 804 g/mol. The molecule has 0 atom stereocenters. The molecule has 0 heterocycles. The van der Waals surface area contributed by atoms with Crippen LogP contribution in [0.3, 0.4) is 0 Å². The van der Waals surface area contributed by atoms with Crippen molar-refractivity contribution in [3.8, 4) is 22.3 Å². The van der Waals surface area contributed by atoms with Crippen molar-refractivity contribution in [3.63, 3.8) is 0 Å². The van der Waals surface area contributed by atoms with Gasteiger partial charge in [-0.3, -0.25) is 0 Å². The topological polar surface area (TPSA) is 6.48 Å². The average Bonchev–Trinajstić information content (AvgIpc) is 3.30. The fraction of sp³-hybridized carbons (Fsp3) is 0.167. The quantitative estimate of drug-likeness (QED) is 0.101. The molecule has 2 nitrogen and oxygen atoms in total. The van der Waals surface area contributed by atoms with Crippen molar-refractivity contribution in [1.82, 2.24) is 0 Å². The molecule has 0 amide bonds. The zero-order chi connectivity index (χ0) is 42.4. The molecule has 0 aliphatic heterocycles. The number of fused-ring (bicyclic) bond motifs is 2. The van der Waals surface area contributed by atoms with Gasteiger partial charge < -0.3 is 9.80 Å². The number of rotatable bonds is 14. The molecule has 0 aromatic heterocycles. The van der Waals surface area contributed by atoms with Crippen LogP contribution >= 0.6 is 0 Å². The minimum atomic E-state index is 1.07. The van der Waals surface area contributed by atoms with E-state index in [-0.39, 0.29) is 0 Å². The van der Waals surface area contributed by atoms with Gasteiger partial charge in [-0.25, -0.2) is 0 Å². The van der Waals surface area contributed by atoms with Gasteiger partial charge in [-0.05, 0) is 178 Å². The highest BCUT2D eigenvalue weighted by Crippen LogP contribution is 2.48. The van der Waals surface area contributed by atoms with E-state index >= 15 is 0 Å². The SMILES string of the molecule is CCCCc1cccc(N(c2cccc(C)c2)c2ccc3c(-c4ccccc4)c4cc(N(c5cccc(C)c5)c5cccc(CCCC)c5)ccc4c(-c4ccccc4)c3c2)c1. The fourth-order valence-corrected chi connectivity index (χ4v) is 9.21. The van der Waals surface area contributed by atoms with E-state index in [0.717, 1.165) is 35.6 Å². The van der Waals surface area contributed by atoms with Crippen LogP contribution in [0.4, 0.5) is 34.1 Å². The summed E-state index contributed by atoms with van der Waals surface area (Å²) in [6.07, 6.45) is 6.84. The minimum Gasteiger partial charge on any atom is -0.310 e. The molecule has 2 heteroatoms. The van der Waals surface area contributed by atoms with E-state index in [4.69, 9.17) is 0 Å². The maximum atomic E-state index is 2.44. The highest BCUT2D eigenvalue weighted by Gasteiger charge is 2.22. The lowest BCUT2D eigenvalue weighted by Gasteiger charge is -2.29. The van der Waals surface area contributed by atoms with Crippen molar-refractivity contribution >= 4 is 55.7 Å². The Balaban J connectivity index is 1.33. The molecule has 9 rings (SSSR count). The normalized spacial score (nSPS) is 11.3. The van der Waals surface area contributed by atoms with Gasteiger partial charge in [-0.1, -0.05) is 148 Å². The molecular weight excluding hydrogens is 749 g/mol. The van der Waals surface area contributed by atoms with Crippen LogP contribution < -0.4 is 9.80 Å². The Morgan fingerprint density at radius 1 is 0.323 bits per heavy atom. The summed E-state index contributed by atoms with van der Waals surface area (Å²) >= 11 is 0. The highest BCUT2D eigenvalue weighted by molar-refractivity contribution is 6.22. The molecule has 62 heavy (non-hydrogen) atoms. The van der Waals surface area contributed by atoms with E-state index in [9.17, 15) is 0 Å². The first-order valence-corrected chi connectivity index (χ1v) is 22.5. The molecule has 0 aliphatic rings. The Bertz CT molecular complexity index is 2760. The van der Waals surface area contributed by atoms with E-state index in [2.05, 4.69) is 232 Å². The van der Waals surface area contributed by atoms with Crippen molar-refractivity contribution in [2.24, 2.45) is 0 Å². The number of aryl methyl sites for hydroxylation is 4. The van der Waals surface area contributed by atoms with Gasteiger partial charge in [0.1, 0.15) is 0 Å². The Hall–Kier alpha value is -6.90. The summed E-state index contributed by atoms with van der Waals surface area (Å²) in [4.78, 5) is 4.89. The Labute approximate surface area is 368 Å². The molecule has 0 radical (unpaired) electrons. The van der Waals surface area contributed by atoms with Crippen LogP contribution in [0.1, 0.15) is 61.8 Å². The molecule has 0 aliphatic carbocycles. The third kappa shape index (κ3) is 8.39. The van der Waals surface area contributed by atoms with Gasteiger partial charge in [0, 0.05) is 34.1 Å². The Kier molecular flexibility index (Phi) is 12.0. The lowest BCUT2D eigenvalue weighted by atomic mass is 9.85. The third-order valence-electron chi connectivity index (χ3n) is 12.2. The number of benzene rings is 9. The number of nitrogens with zero attached hydrogens (tertiary/aromatic N) is 2. The minimum absolute atomic E-state index is 1.07. The van der Waals surface area contributed by atoms with Crippen molar-refractivity contribution in [1.29, 1.82) is 0 Å². The molecule has 0 saturated carbocycles. The Morgan fingerprint density at radius 2 is 0.694 bits per heavy atom. The maximum absolute atomic E-state index is 2.44. The fourth-order valence-electron chi connectivity index (χ4n) is 9.21. The molecule has 0 N–H and O–H groups in total. The molecule has 0 unspecified atom stereocenters. The van der Waals surface area contributed by atoms with Crippen LogP contribution in [0.2, 0.25) is 0 Å². The van der Waals surface area contributed by atoms with Gasteiger partial charge in [0.2, 0.25) is 0 Å². The van der Waals surface area contributed by atoms with Crippen LogP contribution in [-0.2, 0) is 12.8 Å². The summed E-state index contributed by atoms with van der Waals surface area (Å²) in [5, 5.41) is 4.92. The number of anilines is 6. The van der Waals surface area contributed by atoms with Gasteiger partial charge in [0.25, 0.3) is 0 Å². The summed E-state index contributed by atoms with van der Waals surface area (Å²) in [6.45, 7) is 8.90.